The summed E-state index contributed by atoms with van der Waals surface area (Å²) in [7, 11) is 2.14. The molecule has 0 N–H and O–H groups in total. The van der Waals surface area contributed by atoms with Gasteiger partial charge < -0.3 is 9.64 Å². The fraction of sp³-hybridized carbons (Fsp3) is 0.542. The number of piperidine rings is 1. The Bertz CT molecular complexity index is 814. The van der Waals surface area contributed by atoms with Crippen molar-refractivity contribution in [2.75, 3.05) is 38.2 Å². The van der Waals surface area contributed by atoms with Crippen LogP contribution in [0.25, 0.3) is 0 Å². The first-order valence-corrected chi connectivity index (χ1v) is 10.7. The maximum absolute atomic E-state index is 5.93. The second-order valence-electron chi connectivity index (χ2n) is 8.64. The fourth-order valence-electron chi connectivity index (χ4n) is 4.83. The van der Waals surface area contributed by atoms with Crippen LogP contribution in [0.15, 0.2) is 30.3 Å². The minimum absolute atomic E-state index is 0.421. The molecule has 1 fully saturated rings. The number of rotatable bonds is 4. The van der Waals surface area contributed by atoms with Gasteiger partial charge in [-0.05, 0) is 87.9 Å². The van der Waals surface area contributed by atoms with Crippen molar-refractivity contribution < 1.29 is 4.74 Å². The SMILES string of the molecule is Cc1cc(C[C@H]2CCCN(C(C)c3ccc4c(c3)OCCN4C)C2)cc(C)n1. The Morgan fingerprint density at radius 3 is 2.71 bits per heavy atom. The van der Waals surface area contributed by atoms with Crippen molar-refractivity contribution in [3.05, 3.63) is 52.8 Å². The topological polar surface area (TPSA) is 28.6 Å². The molecule has 4 nitrogen and oxygen atoms in total. The van der Waals surface area contributed by atoms with E-state index in [1.807, 2.05) is 0 Å². The number of likely N-dealkylation sites (tertiary alicyclic amines) is 1. The van der Waals surface area contributed by atoms with Gasteiger partial charge >= 0.3 is 0 Å². The summed E-state index contributed by atoms with van der Waals surface area (Å²) in [6, 6.07) is 11.7. The molecule has 0 spiro atoms. The normalized spacial score (nSPS) is 21.1. The highest BCUT2D eigenvalue weighted by Gasteiger charge is 2.26. The highest BCUT2D eigenvalue weighted by molar-refractivity contribution is 5.60. The molecule has 1 unspecified atom stereocenters. The van der Waals surface area contributed by atoms with Crippen molar-refractivity contribution >= 4 is 5.69 Å². The molecule has 2 atom stereocenters. The van der Waals surface area contributed by atoms with Crippen LogP contribution in [0, 0.1) is 19.8 Å². The zero-order valence-corrected chi connectivity index (χ0v) is 17.7. The number of ether oxygens (including phenoxy) is 1. The first-order chi connectivity index (χ1) is 13.5. The monoisotopic (exact) mass is 379 g/mol. The van der Waals surface area contributed by atoms with E-state index in [-0.39, 0.29) is 0 Å². The first kappa shape index (κ1) is 19.3. The summed E-state index contributed by atoms with van der Waals surface area (Å²) in [5.74, 6) is 1.76. The molecule has 1 aromatic carbocycles. The summed E-state index contributed by atoms with van der Waals surface area (Å²) in [5.41, 5.74) is 6.28. The predicted molar refractivity (Wildman–Crippen MR) is 115 cm³/mol. The van der Waals surface area contributed by atoms with Crippen molar-refractivity contribution in [3.8, 4) is 5.75 Å². The van der Waals surface area contributed by atoms with Crippen LogP contribution < -0.4 is 9.64 Å². The van der Waals surface area contributed by atoms with Crippen molar-refractivity contribution in [2.45, 2.75) is 46.1 Å². The number of hydrogen-bond acceptors (Lipinski definition) is 4. The van der Waals surface area contributed by atoms with Gasteiger partial charge in [-0.2, -0.15) is 0 Å². The Balaban J connectivity index is 1.45. The van der Waals surface area contributed by atoms with Gasteiger partial charge in [-0.1, -0.05) is 6.07 Å². The molecule has 2 aromatic rings. The number of nitrogens with zero attached hydrogens (tertiary/aromatic N) is 3. The van der Waals surface area contributed by atoms with Crippen LogP contribution in [0.4, 0.5) is 5.69 Å². The zero-order chi connectivity index (χ0) is 19.7. The third kappa shape index (κ3) is 4.17. The largest absolute Gasteiger partial charge is 0.490 e. The van der Waals surface area contributed by atoms with E-state index in [9.17, 15) is 0 Å². The molecular formula is C24H33N3O. The van der Waals surface area contributed by atoms with E-state index in [2.05, 4.69) is 72.9 Å². The minimum atomic E-state index is 0.421. The maximum atomic E-state index is 5.93. The van der Waals surface area contributed by atoms with Gasteiger partial charge in [0.25, 0.3) is 0 Å². The lowest BCUT2D eigenvalue weighted by molar-refractivity contribution is 0.131. The van der Waals surface area contributed by atoms with Crippen molar-refractivity contribution in [1.29, 1.82) is 0 Å². The molecule has 2 aliphatic heterocycles. The third-order valence-electron chi connectivity index (χ3n) is 6.33. The van der Waals surface area contributed by atoms with Gasteiger partial charge in [-0.25, -0.2) is 0 Å². The molecule has 0 bridgehead atoms. The summed E-state index contributed by atoms with van der Waals surface area (Å²) in [6.45, 7) is 10.6. The van der Waals surface area contributed by atoms with Crippen LogP contribution in [0.2, 0.25) is 0 Å². The molecular weight excluding hydrogens is 346 g/mol. The summed E-state index contributed by atoms with van der Waals surface area (Å²) in [6.07, 6.45) is 3.76. The lowest BCUT2D eigenvalue weighted by atomic mass is 9.89. The van der Waals surface area contributed by atoms with Crippen molar-refractivity contribution in [2.24, 2.45) is 5.92 Å². The molecule has 4 rings (SSSR count). The summed E-state index contributed by atoms with van der Waals surface area (Å²) >= 11 is 0. The molecule has 4 heteroatoms. The summed E-state index contributed by atoms with van der Waals surface area (Å²) in [5, 5.41) is 0. The quantitative estimate of drug-likeness (QED) is 0.780. The van der Waals surface area contributed by atoms with Crippen LogP contribution >= 0.6 is 0 Å². The van der Waals surface area contributed by atoms with E-state index in [1.54, 1.807) is 0 Å². The number of likely N-dealkylation sites (N-methyl/N-ethyl adjacent to an activating group) is 1. The van der Waals surface area contributed by atoms with Gasteiger partial charge in [-0.15, -0.1) is 0 Å². The molecule has 150 valence electrons. The molecule has 28 heavy (non-hydrogen) atoms. The highest BCUT2D eigenvalue weighted by Crippen LogP contribution is 2.35. The average Bonchev–Trinajstić information content (AvgIpc) is 2.67. The number of fused-ring (bicyclic) bond motifs is 1. The number of benzene rings is 1. The minimum Gasteiger partial charge on any atom is -0.490 e. The Morgan fingerprint density at radius 2 is 1.93 bits per heavy atom. The standard InChI is InChI=1S/C24H33N3O/c1-17-12-21(13-18(2)25-17)14-20-6-5-9-27(16-20)19(3)22-7-8-23-24(15-22)28-11-10-26(23)4/h7-8,12-13,15,19-20H,5-6,9-11,14,16H2,1-4H3/t19?,20-/m1/s1. The molecule has 2 aliphatic rings. The van der Waals surface area contributed by atoms with Gasteiger partial charge in [-0.3, -0.25) is 9.88 Å². The number of aromatic nitrogens is 1. The Kier molecular flexibility index (Phi) is 5.58. The van der Waals surface area contributed by atoms with E-state index in [1.165, 1.54) is 42.7 Å². The molecule has 0 aliphatic carbocycles. The lowest BCUT2D eigenvalue weighted by Crippen LogP contribution is -2.38. The van der Waals surface area contributed by atoms with E-state index >= 15 is 0 Å². The van der Waals surface area contributed by atoms with E-state index < -0.39 is 0 Å². The average molecular weight is 380 g/mol. The van der Waals surface area contributed by atoms with Crippen molar-refractivity contribution in [1.82, 2.24) is 9.88 Å². The molecule has 0 amide bonds. The van der Waals surface area contributed by atoms with Gasteiger partial charge in [0.2, 0.25) is 0 Å². The van der Waals surface area contributed by atoms with Crippen LogP contribution in [-0.4, -0.2) is 43.2 Å². The fourth-order valence-corrected chi connectivity index (χ4v) is 4.83. The summed E-state index contributed by atoms with van der Waals surface area (Å²) < 4.78 is 5.93. The van der Waals surface area contributed by atoms with E-state index in [0.717, 1.165) is 42.6 Å². The number of hydrogen-bond donors (Lipinski definition) is 0. The Hall–Kier alpha value is -2.07. The van der Waals surface area contributed by atoms with Crippen LogP contribution in [0.1, 0.15) is 48.3 Å². The van der Waals surface area contributed by atoms with E-state index in [4.69, 9.17) is 4.74 Å². The predicted octanol–water partition coefficient (Wildman–Crippen LogP) is 4.54. The zero-order valence-electron chi connectivity index (χ0n) is 17.7. The summed E-state index contributed by atoms with van der Waals surface area (Å²) in [4.78, 5) is 9.46. The molecule has 0 saturated carbocycles. The lowest BCUT2D eigenvalue weighted by Gasteiger charge is -2.37. The number of anilines is 1. The van der Waals surface area contributed by atoms with Gasteiger partial charge in [0.1, 0.15) is 12.4 Å². The molecule has 1 saturated heterocycles. The smallest absolute Gasteiger partial charge is 0.143 e. The van der Waals surface area contributed by atoms with Gasteiger partial charge in [0.05, 0.1) is 12.2 Å². The molecule has 0 radical (unpaired) electrons. The van der Waals surface area contributed by atoms with Crippen LogP contribution in [-0.2, 0) is 6.42 Å². The first-order valence-electron chi connectivity index (χ1n) is 10.7. The molecule has 1 aromatic heterocycles. The second kappa shape index (κ2) is 8.12. The van der Waals surface area contributed by atoms with Crippen LogP contribution in [0.3, 0.4) is 0 Å². The maximum Gasteiger partial charge on any atom is 0.143 e. The van der Waals surface area contributed by atoms with Gasteiger partial charge in [0, 0.05) is 31.0 Å². The number of aryl methyl sites for hydroxylation is 2. The Morgan fingerprint density at radius 1 is 1.14 bits per heavy atom. The second-order valence-corrected chi connectivity index (χ2v) is 8.64. The molecule has 3 heterocycles. The van der Waals surface area contributed by atoms with Crippen LogP contribution in [0.5, 0.6) is 5.75 Å². The highest BCUT2D eigenvalue weighted by atomic mass is 16.5. The number of pyridine rings is 1. The van der Waals surface area contributed by atoms with Gasteiger partial charge in [0.15, 0.2) is 0 Å². The van der Waals surface area contributed by atoms with Crippen molar-refractivity contribution in [3.63, 3.8) is 0 Å². The van der Waals surface area contributed by atoms with E-state index in [0.29, 0.717) is 6.04 Å². The Labute approximate surface area is 169 Å². The third-order valence-corrected chi connectivity index (χ3v) is 6.33.